The molecule has 0 radical (unpaired) electrons. The number of rotatable bonds is 10. The molecule has 0 aromatic heterocycles. The Balaban J connectivity index is -0.000000347. The second-order valence-corrected chi connectivity index (χ2v) is 4.87. The van der Waals surface area contributed by atoms with Crippen LogP contribution >= 0.6 is 0 Å². The fraction of sp³-hybridized carbons (Fsp3) is 0.615. The van der Waals surface area contributed by atoms with Gasteiger partial charge < -0.3 is 49.1 Å². The van der Waals surface area contributed by atoms with Crippen LogP contribution in [0.25, 0.3) is 0 Å². The van der Waals surface area contributed by atoms with Gasteiger partial charge in [-0.25, -0.2) is 0 Å². The number of carbonyl (C=O) groups is 4. The highest BCUT2D eigenvalue weighted by molar-refractivity contribution is 5.75. The highest BCUT2D eigenvalue weighted by Crippen LogP contribution is 1.94. The minimum atomic E-state index is -1.17. The summed E-state index contributed by atoms with van der Waals surface area (Å²) in [6, 6.07) is -1.88. The molecule has 0 amide bonds. The van der Waals surface area contributed by atoms with E-state index in [9.17, 15) is 19.2 Å². The highest BCUT2D eigenvalue weighted by atomic mass is 16.4. The third kappa shape index (κ3) is 28.1. The quantitative estimate of drug-likeness (QED) is 0.0996. The van der Waals surface area contributed by atoms with E-state index in [0.29, 0.717) is 19.4 Å². The molecule has 158 valence electrons. The number of carboxylic acid groups (broad SMARTS) is 4. The van der Waals surface area contributed by atoms with Crippen LogP contribution in [0.15, 0.2) is 4.99 Å². The van der Waals surface area contributed by atoms with Crippen molar-refractivity contribution in [3.63, 3.8) is 0 Å². The molecule has 0 unspecified atom stereocenters. The van der Waals surface area contributed by atoms with Crippen LogP contribution in [0.1, 0.15) is 25.7 Å². The van der Waals surface area contributed by atoms with Gasteiger partial charge in [-0.3, -0.25) is 24.2 Å². The Morgan fingerprint density at radius 2 is 1.22 bits per heavy atom. The smallest absolute Gasteiger partial charge is 0.320 e. The molecule has 0 spiro atoms. The molecule has 0 aliphatic rings. The monoisotopic (exact) mass is 396 g/mol. The van der Waals surface area contributed by atoms with Crippen LogP contribution in [0.2, 0.25) is 0 Å². The van der Waals surface area contributed by atoms with Crippen LogP contribution in [0.5, 0.6) is 0 Å². The van der Waals surface area contributed by atoms with E-state index in [1.165, 1.54) is 0 Å². The summed E-state index contributed by atoms with van der Waals surface area (Å²) in [6.45, 7) is 0.142. The predicted molar refractivity (Wildman–Crippen MR) is 94.7 cm³/mol. The first kappa shape index (κ1) is 28.8. The number of aliphatic carboxylic acids is 4. The Morgan fingerprint density at radius 3 is 1.52 bits per heavy atom. The van der Waals surface area contributed by atoms with Crippen molar-refractivity contribution in [2.24, 2.45) is 33.7 Å². The van der Waals surface area contributed by atoms with Gasteiger partial charge in [0.15, 0.2) is 5.96 Å². The van der Waals surface area contributed by atoms with E-state index in [4.69, 9.17) is 43.4 Å². The summed E-state index contributed by atoms with van der Waals surface area (Å²) in [5, 5.41) is 32.3. The van der Waals surface area contributed by atoms with Gasteiger partial charge in [-0.05, 0) is 19.3 Å². The Hall–Kier alpha value is -2.97. The van der Waals surface area contributed by atoms with Gasteiger partial charge in [0.05, 0.1) is 6.54 Å². The Labute approximate surface area is 155 Å². The van der Waals surface area contributed by atoms with Gasteiger partial charge in [0.25, 0.3) is 0 Å². The maximum Gasteiger partial charge on any atom is 0.320 e. The second kappa shape index (κ2) is 17.8. The Bertz CT molecular complexity index is 495. The SMILES string of the molecule is NC(N)=NCCC[C@H](N)C(=O)O.NCC(=O)O.N[C@@H](CCC(=O)O)C(=O)O. The third-order valence-corrected chi connectivity index (χ3v) is 2.45. The van der Waals surface area contributed by atoms with E-state index in [1.807, 2.05) is 0 Å². The van der Waals surface area contributed by atoms with Crippen molar-refractivity contribution < 1.29 is 39.6 Å². The third-order valence-electron chi connectivity index (χ3n) is 2.45. The van der Waals surface area contributed by atoms with Gasteiger partial charge in [-0.15, -0.1) is 0 Å². The minimum absolute atomic E-state index is 0.0129. The highest BCUT2D eigenvalue weighted by Gasteiger charge is 2.12. The maximum absolute atomic E-state index is 10.2. The summed E-state index contributed by atoms with van der Waals surface area (Å²) in [5.74, 6) is -4.15. The molecule has 2 atom stereocenters. The molecule has 0 aromatic carbocycles. The van der Waals surface area contributed by atoms with E-state index < -0.39 is 36.0 Å². The first-order valence-corrected chi connectivity index (χ1v) is 7.50. The molecule has 0 aliphatic heterocycles. The van der Waals surface area contributed by atoms with E-state index in [1.54, 1.807) is 0 Å². The Kier molecular flexibility index (Phi) is 19.0. The van der Waals surface area contributed by atoms with Crippen LogP contribution in [-0.4, -0.2) is 75.4 Å². The van der Waals surface area contributed by atoms with Crippen LogP contribution in [0.4, 0.5) is 0 Å². The largest absolute Gasteiger partial charge is 0.481 e. The fourth-order valence-electron chi connectivity index (χ4n) is 1.05. The molecular weight excluding hydrogens is 368 g/mol. The minimum Gasteiger partial charge on any atom is -0.481 e. The van der Waals surface area contributed by atoms with Crippen molar-refractivity contribution in [2.75, 3.05) is 13.1 Å². The summed E-state index contributed by atoms with van der Waals surface area (Å²) in [4.78, 5) is 43.0. The zero-order valence-corrected chi connectivity index (χ0v) is 14.7. The van der Waals surface area contributed by atoms with Gasteiger partial charge in [-0.1, -0.05) is 0 Å². The average molecular weight is 396 g/mol. The number of guanidine groups is 1. The lowest BCUT2D eigenvalue weighted by atomic mass is 10.2. The lowest BCUT2D eigenvalue weighted by Crippen LogP contribution is -2.30. The molecule has 0 heterocycles. The lowest BCUT2D eigenvalue weighted by Gasteiger charge is -2.03. The van der Waals surface area contributed by atoms with Crippen molar-refractivity contribution in [3.8, 4) is 0 Å². The predicted octanol–water partition coefficient (Wildman–Crippen LogP) is -3.26. The number of nitrogens with two attached hydrogens (primary N) is 5. The molecule has 14 heteroatoms. The molecule has 0 saturated heterocycles. The molecular formula is C13H28N6O8. The lowest BCUT2D eigenvalue weighted by molar-refractivity contribution is -0.140. The standard InChI is InChI=1S/C6H14N4O2.C5H9NO4.C2H5NO2/c7-4(5(11)12)2-1-3-10-6(8)9;6-3(5(9)10)1-2-4(7)8;3-1-2(4)5/h4H,1-3,7H2,(H,11,12)(H4,8,9,10);3H,1-2,6H2,(H,7,8)(H,9,10);1,3H2,(H,4,5)/t4-;3-;/m00./s1. The zero-order valence-electron chi connectivity index (χ0n) is 14.7. The van der Waals surface area contributed by atoms with E-state index >= 15 is 0 Å². The summed E-state index contributed by atoms with van der Waals surface area (Å²) in [5.41, 5.74) is 24.9. The van der Waals surface area contributed by atoms with Crippen LogP contribution in [0, 0.1) is 0 Å². The summed E-state index contributed by atoms with van der Waals surface area (Å²) in [6.07, 6.45) is 0.732. The van der Waals surface area contributed by atoms with Gasteiger partial charge in [0, 0.05) is 13.0 Å². The summed E-state index contributed by atoms with van der Waals surface area (Å²) >= 11 is 0. The molecule has 0 aliphatic carbocycles. The summed E-state index contributed by atoms with van der Waals surface area (Å²) < 4.78 is 0. The molecule has 0 rings (SSSR count). The van der Waals surface area contributed by atoms with E-state index in [0.717, 1.165) is 0 Å². The molecule has 14 N–H and O–H groups in total. The van der Waals surface area contributed by atoms with Crippen molar-refractivity contribution in [3.05, 3.63) is 0 Å². The van der Waals surface area contributed by atoms with Gasteiger partial charge in [0.2, 0.25) is 0 Å². The number of hydrogen-bond donors (Lipinski definition) is 9. The molecule has 0 fully saturated rings. The first-order valence-electron chi connectivity index (χ1n) is 7.50. The number of hydrogen-bond acceptors (Lipinski definition) is 8. The number of carboxylic acids is 4. The molecule has 14 nitrogen and oxygen atoms in total. The fourth-order valence-corrected chi connectivity index (χ4v) is 1.05. The molecule has 27 heavy (non-hydrogen) atoms. The van der Waals surface area contributed by atoms with Crippen molar-refractivity contribution in [2.45, 2.75) is 37.8 Å². The maximum atomic E-state index is 10.2. The molecule has 0 bridgehead atoms. The number of nitrogens with zero attached hydrogens (tertiary/aromatic N) is 1. The van der Waals surface area contributed by atoms with Gasteiger partial charge in [0.1, 0.15) is 12.1 Å². The van der Waals surface area contributed by atoms with Crippen LogP contribution in [0.3, 0.4) is 0 Å². The van der Waals surface area contributed by atoms with Crippen molar-refractivity contribution in [1.82, 2.24) is 0 Å². The normalized spacial score (nSPS) is 11.4. The average Bonchev–Trinajstić information content (AvgIpc) is 2.56. The molecule has 0 aromatic rings. The number of aliphatic imine (C=N–C) groups is 1. The second-order valence-electron chi connectivity index (χ2n) is 4.87. The zero-order chi connectivity index (χ0) is 22.0. The molecule has 0 saturated carbocycles. The van der Waals surface area contributed by atoms with E-state index in [2.05, 4.69) is 10.7 Å². The van der Waals surface area contributed by atoms with E-state index in [-0.39, 0.29) is 25.3 Å². The van der Waals surface area contributed by atoms with Crippen LogP contribution < -0.4 is 28.7 Å². The van der Waals surface area contributed by atoms with Crippen LogP contribution in [-0.2, 0) is 19.2 Å². The summed E-state index contributed by atoms with van der Waals surface area (Å²) in [7, 11) is 0. The topological polar surface area (TPSA) is 292 Å². The van der Waals surface area contributed by atoms with Gasteiger partial charge in [-0.2, -0.15) is 0 Å². The Morgan fingerprint density at radius 1 is 0.815 bits per heavy atom. The first-order chi connectivity index (χ1) is 12.3. The van der Waals surface area contributed by atoms with Gasteiger partial charge >= 0.3 is 23.9 Å². The van der Waals surface area contributed by atoms with Crippen molar-refractivity contribution in [1.29, 1.82) is 0 Å². The van der Waals surface area contributed by atoms with Crippen molar-refractivity contribution >= 4 is 29.8 Å².